The topological polar surface area (TPSA) is 52.7 Å². The number of benzene rings is 1. The maximum absolute atomic E-state index is 12.0. The van der Waals surface area contributed by atoms with Crippen LogP contribution < -0.4 is 10.2 Å². The van der Waals surface area contributed by atoms with Crippen molar-refractivity contribution in [1.82, 2.24) is 10.2 Å². The van der Waals surface area contributed by atoms with Gasteiger partial charge in [0.1, 0.15) is 6.54 Å². The molecule has 21 heavy (non-hydrogen) atoms. The van der Waals surface area contributed by atoms with E-state index in [-0.39, 0.29) is 24.9 Å². The van der Waals surface area contributed by atoms with Gasteiger partial charge in [0.25, 0.3) is 0 Å². The summed E-state index contributed by atoms with van der Waals surface area (Å²) in [5.74, 6) is -0.0452. The normalized spacial score (nSPS) is 23.0. The number of amides is 2. The van der Waals surface area contributed by atoms with E-state index in [1.165, 1.54) is 23.3 Å². The summed E-state index contributed by atoms with van der Waals surface area (Å²) in [6.45, 7) is 1.41. The highest BCUT2D eigenvalue weighted by atomic mass is 16.2. The summed E-state index contributed by atoms with van der Waals surface area (Å²) in [5, 5.41) is 3.49. The fraction of sp³-hybridized carbons (Fsp3) is 0.500. The first-order valence-corrected chi connectivity index (χ1v) is 7.50. The Bertz CT molecular complexity index is 535. The second-order valence-corrected chi connectivity index (χ2v) is 5.89. The van der Waals surface area contributed by atoms with Crippen molar-refractivity contribution in [3.8, 4) is 0 Å². The third kappa shape index (κ3) is 3.08. The quantitative estimate of drug-likeness (QED) is 0.894. The Labute approximate surface area is 124 Å². The van der Waals surface area contributed by atoms with Crippen LogP contribution in [0.5, 0.6) is 0 Å². The number of hydrogen-bond acceptors (Lipinski definition) is 3. The van der Waals surface area contributed by atoms with Crippen molar-refractivity contribution in [1.29, 1.82) is 0 Å². The molecule has 0 saturated carbocycles. The lowest BCUT2D eigenvalue weighted by Gasteiger charge is -2.31. The summed E-state index contributed by atoms with van der Waals surface area (Å²) in [6, 6.07) is 8.58. The monoisotopic (exact) mass is 287 g/mol. The highest BCUT2D eigenvalue weighted by Gasteiger charge is 2.28. The number of carbonyl (C=O) groups excluding carboxylic acids is 2. The van der Waals surface area contributed by atoms with Crippen LogP contribution in [0.3, 0.4) is 0 Å². The highest BCUT2D eigenvalue weighted by molar-refractivity contribution is 6.04. The molecule has 2 aliphatic rings. The molecule has 1 atom stereocenters. The maximum atomic E-state index is 12.0. The summed E-state index contributed by atoms with van der Waals surface area (Å²) in [6.07, 6.45) is 3.50. The maximum Gasteiger partial charge on any atom is 0.247 e. The first-order valence-electron chi connectivity index (χ1n) is 7.50. The Morgan fingerprint density at radius 2 is 1.90 bits per heavy atom. The molecule has 2 heterocycles. The number of piperazine rings is 1. The molecule has 5 heteroatoms. The second kappa shape index (κ2) is 5.85. The Morgan fingerprint density at radius 1 is 1.14 bits per heavy atom. The number of anilines is 1. The molecule has 2 amide bonds. The number of nitrogens with zero attached hydrogens (tertiary/aromatic N) is 2. The smallest absolute Gasteiger partial charge is 0.247 e. The average molecular weight is 287 g/mol. The molecule has 0 aromatic heterocycles. The lowest BCUT2D eigenvalue weighted by atomic mass is 10.0. The van der Waals surface area contributed by atoms with E-state index in [9.17, 15) is 9.59 Å². The zero-order chi connectivity index (χ0) is 14.8. The van der Waals surface area contributed by atoms with Gasteiger partial charge < -0.3 is 15.1 Å². The van der Waals surface area contributed by atoms with E-state index in [2.05, 4.69) is 17.4 Å². The zero-order valence-corrected chi connectivity index (χ0v) is 12.3. The standard InChI is InChI=1S/C16H21N3O2/c1-18-10-16(21)19(11-15(18)20)14-6-4-12(5-7-14)9-13-3-2-8-17-13/h4-7,13,17H,2-3,8-11H2,1H3. The molecular weight excluding hydrogens is 266 g/mol. The first kappa shape index (κ1) is 14.1. The molecular formula is C16H21N3O2. The average Bonchev–Trinajstić information content (AvgIpc) is 2.97. The van der Waals surface area contributed by atoms with Crippen LogP contribution in [-0.2, 0) is 16.0 Å². The summed E-state index contributed by atoms with van der Waals surface area (Å²) in [7, 11) is 1.66. The minimum atomic E-state index is -0.0256. The predicted octanol–water partition coefficient (Wildman–Crippen LogP) is 0.786. The van der Waals surface area contributed by atoms with Crippen molar-refractivity contribution in [2.75, 3.05) is 31.6 Å². The van der Waals surface area contributed by atoms with Crippen LogP contribution in [0.2, 0.25) is 0 Å². The van der Waals surface area contributed by atoms with Gasteiger partial charge in [0, 0.05) is 18.8 Å². The van der Waals surface area contributed by atoms with Crippen LogP contribution >= 0.6 is 0 Å². The third-order valence-electron chi connectivity index (χ3n) is 4.29. The lowest BCUT2D eigenvalue weighted by Crippen LogP contribution is -2.52. The van der Waals surface area contributed by atoms with Gasteiger partial charge in [-0.05, 0) is 43.5 Å². The minimum absolute atomic E-state index is 0.0196. The molecule has 2 aliphatic heterocycles. The van der Waals surface area contributed by atoms with Crippen LogP contribution in [0.25, 0.3) is 0 Å². The molecule has 1 unspecified atom stereocenters. The van der Waals surface area contributed by atoms with Gasteiger partial charge in [0.2, 0.25) is 11.8 Å². The largest absolute Gasteiger partial charge is 0.335 e. The summed E-state index contributed by atoms with van der Waals surface area (Å²) < 4.78 is 0. The van der Waals surface area contributed by atoms with E-state index in [4.69, 9.17) is 0 Å². The molecule has 3 rings (SSSR count). The van der Waals surface area contributed by atoms with Crippen molar-refractivity contribution >= 4 is 17.5 Å². The number of likely N-dealkylation sites (N-methyl/N-ethyl adjacent to an activating group) is 1. The van der Waals surface area contributed by atoms with Crippen LogP contribution in [0.4, 0.5) is 5.69 Å². The first-order chi connectivity index (χ1) is 10.1. The zero-order valence-electron chi connectivity index (χ0n) is 12.3. The van der Waals surface area contributed by atoms with Crippen LogP contribution in [0.1, 0.15) is 18.4 Å². The van der Waals surface area contributed by atoms with Crippen molar-refractivity contribution < 1.29 is 9.59 Å². The Balaban J connectivity index is 1.68. The molecule has 1 aromatic rings. The van der Waals surface area contributed by atoms with Gasteiger partial charge in [-0.15, -0.1) is 0 Å². The van der Waals surface area contributed by atoms with E-state index in [1.807, 2.05) is 12.1 Å². The van der Waals surface area contributed by atoms with Crippen molar-refractivity contribution in [2.24, 2.45) is 0 Å². The molecule has 0 radical (unpaired) electrons. The van der Waals surface area contributed by atoms with Crippen molar-refractivity contribution in [2.45, 2.75) is 25.3 Å². The lowest BCUT2D eigenvalue weighted by molar-refractivity contribution is -0.136. The van der Waals surface area contributed by atoms with Gasteiger partial charge in [-0.2, -0.15) is 0 Å². The van der Waals surface area contributed by atoms with Crippen LogP contribution in [0.15, 0.2) is 24.3 Å². The molecule has 1 N–H and O–H groups in total. The van der Waals surface area contributed by atoms with Gasteiger partial charge in [-0.1, -0.05) is 12.1 Å². The van der Waals surface area contributed by atoms with Gasteiger partial charge >= 0.3 is 0 Å². The summed E-state index contributed by atoms with van der Waals surface area (Å²) >= 11 is 0. The molecule has 1 aromatic carbocycles. The Kier molecular flexibility index (Phi) is 3.92. The summed E-state index contributed by atoms with van der Waals surface area (Å²) in [5.41, 5.74) is 2.08. The molecule has 2 saturated heterocycles. The number of hydrogen-bond donors (Lipinski definition) is 1. The van der Waals surface area contributed by atoms with Gasteiger partial charge in [0.15, 0.2) is 0 Å². The van der Waals surface area contributed by atoms with Crippen LogP contribution in [-0.4, -0.2) is 49.4 Å². The Hall–Kier alpha value is -1.88. The number of nitrogens with one attached hydrogen (secondary N) is 1. The SMILES string of the molecule is CN1CC(=O)N(c2ccc(CC3CCCN3)cc2)CC1=O. The predicted molar refractivity (Wildman–Crippen MR) is 81.2 cm³/mol. The Morgan fingerprint density at radius 3 is 2.57 bits per heavy atom. The molecule has 2 fully saturated rings. The van der Waals surface area contributed by atoms with E-state index in [1.54, 1.807) is 11.9 Å². The molecule has 0 aliphatic carbocycles. The van der Waals surface area contributed by atoms with Gasteiger partial charge in [-0.25, -0.2) is 0 Å². The van der Waals surface area contributed by atoms with Crippen molar-refractivity contribution in [3.05, 3.63) is 29.8 Å². The highest BCUT2D eigenvalue weighted by Crippen LogP contribution is 2.20. The second-order valence-electron chi connectivity index (χ2n) is 5.89. The molecule has 5 nitrogen and oxygen atoms in total. The molecule has 0 bridgehead atoms. The number of rotatable bonds is 3. The van der Waals surface area contributed by atoms with Crippen molar-refractivity contribution in [3.63, 3.8) is 0 Å². The summed E-state index contributed by atoms with van der Waals surface area (Å²) in [4.78, 5) is 26.8. The van der Waals surface area contributed by atoms with Gasteiger partial charge in [-0.3, -0.25) is 9.59 Å². The molecule has 112 valence electrons. The van der Waals surface area contributed by atoms with E-state index in [0.717, 1.165) is 18.7 Å². The minimum Gasteiger partial charge on any atom is -0.335 e. The fourth-order valence-corrected chi connectivity index (χ4v) is 2.98. The third-order valence-corrected chi connectivity index (χ3v) is 4.29. The molecule has 0 spiro atoms. The van der Waals surface area contributed by atoms with Crippen LogP contribution in [0, 0.1) is 0 Å². The number of carbonyl (C=O) groups is 2. The van der Waals surface area contributed by atoms with E-state index >= 15 is 0 Å². The van der Waals surface area contributed by atoms with E-state index < -0.39 is 0 Å². The van der Waals surface area contributed by atoms with E-state index in [0.29, 0.717) is 6.04 Å². The fourth-order valence-electron chi connectivity index (χ4n) is 2.98. The van der Waals surface area contributed by atoms with Gasteiger partial charge in [0.05, 0.1) is 6.54 Å².